The number of nitrogens with one attached hydrogen (secondary N) is 1. The average molecular weight is 2060 g/mol. The molecule has 5 aromatic rings. The third kappa shape index (κ3) is 34.5. The third-order valence-corrected chi connectivity index (χ3v) is 19.9. The summed E-state index contributed by atoms with van der Waals surface area (Å²) in [6, 6.07) is -8.18. The summed E-state index contributed by atoms with van der Waals surface area (Å²) in [5.41, 5.74) is 78.0. The fraction of sp³-hybridized carbons (Fsp3) is 0.354. The van der Waals surface area contributed by atoms with Crippen LogP contribution in [-0.2, 0) is 72.1 Å². The Morgan fingerprint density at radius 1 is 0.341 bits per heavy atom. The number of carboxylic acid groups (broad SMARTS) is 2. The van der Waals surface area contributed by atoms with Crippen molar-refractivity contribution in [2.75, 3.05) is 32.7 Å². The maximum Gasteiger partial charge on any atom is 0.352 e. The van der Waals surface area contributed by atoms with Crippen LogP contribution in [0.25, 0.3) is 52.2 Å². The zero-order valence-electron chi connectivity index (χ0n) is 69.5. The van der Waals surface area contributed by atoms with Gasteiger partial charge in [-0.05, 0) is 99.8 Å². The number of azide groups is 5. The van der Waals surface area contributed by atoms with E-state index < -0.39 is 285 Å². The molecule has 5 unspecified atom stereocenters. The number of carbonyl (C=O) groups excluding carboxylic acids is 7. The number of rotatable bonds is 38. The summed E-state index contributed by atoms with van der Waals surface area (Å²) in [6.07, 6.45) is 1.64. The van der Waals surface area contributed by atoms with E-state index in [0.717, 1.165) is 0 Å². The highest BCUT2D eigenvalue weighted by atomic mass is 32.2. The molecular weight excluding hydrogens is 2000 g/mol. The van der Waals surface area contributed by atoms with Crippen molar-refractivity contribution < 1.29 is 186 Å². The van der Waals surface area contributed by atoms with Gasteiger partial charge in [-0.15, -0.1) is 0 Å². The van der Waals surface area contributed by atoms with Crippen LogP contribution >= 0.6 is 0 Å². The standard InChI is InChI=1S/C14H14F4N6O3.C13H15F4N7O3S.C13H14F4N6O4S.C13H12F4N6O4.C12H12F4N6O5S/c1-5(25)6(19)3-2-4-22-14(20)27-13(26)7-8(15)10(17)12(23-24-21)11(18)9(7)16;1-5(25)6(18)3-2-4-21-13(19)23-28(26,27)12-9(16)7(14)11(22-24-20)8(15)10(12)17;1-5(24)6(18)3-2-4-21-13(19)27-28(25,26)12-9(16)7(14)11(22-23-20)8(15)10(12)17;14-6-5(7(15)9(17)10(8(6)16)22-23-20)12(26)27-13(19)21-3-1-2-4(18)11(24)25;13-5-7(15)10(8(16)6(14)9(5)21-22-19)28(25,26)27-12(18)20-3-1-2-4(17)11(23)24/h6H,2-4,19H2,1H3,(H2,20,22);6H,2-4,18H2,1H3,(H3,19,21,23);6H,2-4,18H2,1H3,(H2,19,21);4H,1-3,18H2,(H2,19,21)(H,24,25);4H,1-3,17H2,(H2,18,20)(H,23,24). The van der Waals surface area contributed by atoms with E-state index in [4.69, 9.17) is 73.5 Å². The van der Waals surface area contributed by atoms with Gasteiger partial charge in [0.05, 0.1) is 30.1 Å². The first-order valence-corrected chi connectivity index (χ1v) is 40.6. The summed E-state index contributed by atoms with van der Waals surface area (Å²) >= 11 is 0. The molecule has 754 valence electrons. The van der Waals surface area contributed by atoms with Crippen molar-refractivity contribution in [2.24, 2.45) is 96.4 Å². The average Bonchev–Trinajstić information content (AvgIpc) is 0.770. The van der Waals surface area contributed by atoms with Gasteiger partial charge in [-0.2, -0.15) is 16.8 Å². The number of ketones is 3. The summed E-state index contributed by atoms with van der Waals surface area (Å²) in [5.74, 6) is -52.6. The number of amidine groups is 4. The number of Topliss-reactive ketones (excluding diaryl/α,β-unsaturated/α-hetero) is 3. The lowest BCUT2D eigenvalue weighted by molar-refractivity contribution is -0.438. The molecule has 0 aliphatic rings. The number of nitrogens with two attached hydrogens (primary N) is 8. The van der Waals surface area contributed by atoms with Gasteiger partial charge in [0.2, 0.25) is 5.96 Å². The third-order valence-electron chi connectivity index (χ3n) is 16.0. The molecule has 5 aromatic carbocycles. The summed E-state index contributed by atoms with van der Waals surface area (Å²) in [6.45, 7) is 3.16. The number of carbonyl (C=O) groups is 7. The number of sulfonamides is 1. The Bertz CT molecular complexity index is 5640. The lowest BCUT2D eigenvalue weighted by Crippen LogP contribution is -2.68. The number of guanidine groups is 1. The minimum atomic E-state index is -5.50. The molecule has 5 rings (SSSR count). The van der Waals surface area contributed by atoms with Crippen LogP contribution in [0.15, 0.2) is 65.2 Å². The number of aliphatic carboxylic acids is 2. The fourth-order valence-corrected chi connectivity index (χ4v) is 12.1. The normalized spacial score (nSPS) is 12.7. The van der Waals surface area contributed by atoms with E-state index in [2.05, 4.69) is 79.8 Å². The summed E-state index contributed by atoms with van der Waals surface area (Å²) in [4.78, 5) is 98.3. The van der Waals surface area contributed by atoms with E-state index in [-0.39, 0.29) is 114 Å². The minimum absolute atomic E-state index is 0.00753. The number of aliphatic imine (C=N–C) groups is 5. The molecule has 0 amide bonds. The number of esters is 2. The van der Waals surface area contributed by atoms with Crippen LogP contribution in [0.3, 0.4) is 0 Å². The van der Waals surface area contributed by atoms with Crippen LogP contribution in [0.1, 0.15) is 106 Å². The first kappa shape index (κ1) is 121. The van der Waals surface area contributed by atoms with Crippen LogP contribution in [0, 0.1) is 116 Å². The SMILES string of the molecule is CC(=O)C(N)CCCN=C(N)NS(=O)(=O)c1c(F)c(F)c(N=[N+]=[N-])c(F)c1F.CC(=O)C(N)CCCN=C(N)OC(=O)c1c(F)c(F)c(N=[N+]=[N-])c(F)c1F.CC(=O)C(N)CCCN=C(N)OS(=O)(=O)c1c(F)c(F)c(N=[N+]=[N-])c(F)c1F.[N-]=[N+]=Nc1c(F)c(F)c(C(=O)OC(N)=NCCCC([NH3+])C(=O)[O-])c(F)c1F.[N-]=[N+]=Nc1c(F)c(F)c(S(=O)(=O)OC(N)=NCCCC([NH3+])C(=O)[O-])c(F)c1F. The molecule has 138 heavy (non-hydrogen) atoms. The van der Waals surface area contributed by atoms with E-state index in [1.807, 2.05) is 24.6 Å². The first-order valence-electron chi connectivity index (χ1n) is 36.3. The van der Waals surface area contributed by atoms with Crippen molar-refractivity contribution in [3.63, 3.8) is 0 Å². The highest BCUT2D eigenvalue weighted by Gasteiger charge is 2.39. The van der Waals surface area contributed by atoms with Crippen LogP contribution in [0.2, 0.25) is 0 Å². The molecule has 73 heteroatoms. The Hall–Kier alpha value is -15.5. The van der Waals surface area contributed by atoms with Crippen LogP contribution in [-0.4, -0.2) is 159 Å². The first-order chi connectivity index (χ1) is 64.0. The number of quaternary nitrogens is 2. The number of hydrogen-bond acceptors (Lipinski definition) is 32. The number of carboxylic acids is 2. The molecule has 0 heterocycles. The lowest BCUT2D eigenvalue weighted by atomic mass is 10.1. The largest absolute Gasteiger partial charge is 0.544 e. The van der Waals surface area contributed by atoms with Gasteiger partial charge in [0.1, 0.15) is 69.0 Å². The Balaban J connectivity index is 0.000000863. The molecule has 50 nitrogen and oxygen atoms in total. The van der Waals surface area contributed by atoms with Crippen molar-refractivity contribution in [2.45, 2.75) is 130 Å². The van der Waals surface area contributed by atoms with E-state index >= 15 is 0 Å². The molecule has 0 bridgehead atoms. The monoisotopic (exact) mass is 2060 g/mol. The number of benzene rings is 5. The van der Waals surface area contributed by atoms with E-state index in [1.54, 1.807) is 0 Å². The number of nitrogens with zero attached hydrogens (tertiary/aromatic N) is 20. The predicted octanol–water partition coefficient (Wildman–Crippen LogP) is 4.87. The molecule has 23 N–H and O–H groups in total. The Morgan fingerprint density at radius 3 is 0.761 bits per heavy atom. The summed E-state index contributed by atoms with van der Waals surface area (Å²) in [5, 5.41) is 33.1. The molecule has 0 radical (unpaired) electrons. The van der Waals surface area contributed by atoms with Gasteiger partial charge in [0.25, 0.3) is 34.1 Å². The smallest absolute Gasteiger partial charge is 0.352 e. The van der Waals surface area contributed by atoms with E-state index in [9.17, 15) is 157 Å². The van der Waals surface area contributed by atoms with Gasteiger partial charge in [-0.25, -0.2) is 131 Å². The van der Waals surface area contributed by atoms with Crippen LogP contribution < -0.4 is 72.3 Å². The van der Waals surface area contributed by atoms with Gasteiger partial charge in [-0.1, -0.05) is 25.6 Å². The van der Waals surface area contributed by atoms with Gasteiger partial charge in [-0.3, -0.25) is 19.4 Å². The van der Waals surface area contributed by atoms with Crippen molar-refractivity contribution >= 4 is 130 Å². The van der Waals surface area contributed by atoms with E-state index in [0.29, 0.717) is 0 Å². The van der Waals surface area contributed by atoms with E-state index in [1.165, 1.54) is 25.5 Å². The molecule has 0 aliphatic carbocycles. The highest BCUT2D eigenvalue weighted by Crippen LogP contribution is 2.38. The Kier molecular flexibility index (Phi) is 48.4. The van der Waals surface area contributed by atoms with Crippen molar-refractivity contribution in [1.29, 1.82) is 0 Å². The minimum Gasteiger partial charge on any atom is -0.544 e. The molecular formula is C65H67F20N31O19S3. The zero-order chi connectivity index (χ0) is 106. The van der Waals surface area contributed by atoms with Crippen LogP contribution in [0.5, 0.6) is 0 Å². The van der Waals surface area contributed by atoms with Crippen molar-refractivity contribution in [3.05, 3.63) is 180 Å². The van der Waals surface area contributed by atoms with Gasteiger partial charge in [0, 0.05) is 70.1 Å². The second-order valence-corrected chi connectivity index (χ2v) is 30.3. The molecule has 0 aliphatic heterocycles. The molecule has 0 saturated heterocycles. The zero-order valence-corrected chi connectivity index (χ0v) is 72.0. The van der Waals surface area contributed by atoms with Crippen molar-refractivity contribution in [1.82, 2.24) is 4.72 Å². The maximum atomic E-state index is 13.9. The molecule has 0 saturated carbocycles. The summed E-state index contributed by atoms with van der Waals surface area (Å²) < 4.78 is 365. The number of ether oxygens (including phenoxy) is 2. The number of halogens is 20. The Labute approximate surface area is 756 Å². The Morgan fingerprint density at radius 2 is 0.543 bits per heavy atom. The van der Waals surface area contributed by atoms with Crippen LogP contribution in [0.4, 0.5) is 116 Å². The highest BCUT2D eigenvalue weighted by molar-refractivity contribution is 7.90. The van der Waals surface area contributed by atoms with Gasteiger partial charge < -0.3 is 95.0 Å². The topological polar surface area (TPSA) is 886 Å². The predicted molar refractivity (Wildman–Crippen MR) is 421 cm³/mol. The quantitative estimate of drug-likeness (QED) is 0.00240. The number of hydrogen-bond donors (Lipinski definition) is 11. The lowest BCUT2D eigenvalue weighted by Gasteiger charge is -2.12. The summed E-state index contributed by atoms with van der Waals surface area (Å²) in [7, 11) is -16.2. The fourth-order valence-electron chi connectivity index (χ4n) is 9.09. The maximum absolute atomic E-state index is 13.9. The van der Waals surface area contributed by atoms with Gasteiger partial charge in [0.15, 0.2) is 131 Å². The molecule has 5 atom stereocenters. The molecule has 0 spiro atoms. The van der Waals surface area contributed by atoms with Gasteiger partial charge >= 0.3 is 32.2 Å². The second-order valence-electron chi connectivity index (χ2n) is 25.7. The second kappa shape index (κ2) is 55.4. The molecule has 0 aromatic heterocycles. The van der Waals surface area contributed by atoms with Crippen molar-refractivity contribution in [3.8, 4) is 0 Å². The molecule has 0 fully saturated rings.